The zero-order valence-electron chi connectivity index (χ0n) is 8.87. The largest absolute Gasteiger partial charge is 0.453 e. The number of carbonyl (C=O) groups excluding carboxylic acids is 2. The Bertz CT molecular complexity index is 234. The number of ketones is 1. The van der Waals surface area contributed by atoms with Crippen molar-refractivity contribution >= 4 is 11.9 Å². The third-order valence-electron chi connectivity index (χ3n) is 2.43. The minimum absolute atomic E-state index is 0.0437. The van der Waals surface area contributed by atoms with Crippen LogP contribution in [-0.4, -0.2) is 25.0 Å². The predicted molar refractivity (Wildman–Crippen MR) is 51.9 cm³/mol. The van der Waals surface area contributed by atoms with E-state index in [1.165, 1.54) is 7.11 Å². The molecule has 0 spiro atoms. The molecule has 1 N–H and O–H groups in total. The summed E-state index contributed by atoms with van der Waals surface area (Å²) in [5.41, 5.74) is 0. The van der Waals surface area contributed by atoms with Crippen LogP contribution in [0.5, 0.6) is 0 Å². The van der Waals surface area contributed by atoms with Crippen LogP contribution in [0.15, 0.2) is 0 Å². The molecule has 0 aromatic rings. The zero-order chi connectivity index (χ0) is 10.7. The van der Waals surface area contributed by atoms with Gasteiger partial charge in [0.05, 0.1) is 13.2 Å². The molecule has 1 atom stereocenters. The lowest BCUT2D eigenvalue weighted by molar-refractivity contribution is -0.124. The van der Waals surface area contributed by atoms with Crippen LogP contribution >= 0.6 is 0 Å². The molecular weight excluding hydrogens is 182 g/mol. The lowest BCUT2D eigenvalue weighted by Crippen LogP contribution is -2.44. The summed E-state index contributed by atoms with van der Waals surface area (Å²) in [5.74, 6) is 0.375. The number of alkyl carbamates (subject to hydrolysis) is 1. The number of carbonyl (C=O) groups is 2. The molecule has 1 fully saturated rings. The van der Waals surface area contributed by atoms with Crippen molar-refractivity contribution in [1.82, 2.24) is 5.32 Å². The van der Waals surface area contributed by atoms with Crippen molar-refractivity contribution in [3.05, 3.63) is 0 Å². The number of hydrogen-bond donors (Lipinski definition) is 1. The highest BCUT2D eigenvalue weighted by Crippen LogP contribution is 2.34. The van der Waals surface area contributed by atoms with Crippen LogP contribution in [0, 0.1) is 11.8 Å². The van der Waals surface area contributed by atoms with Gasteiger partial charge in [0.15, 0.2) is 5.78 Å². The Kier molecular flexibility index (Phi) is 3.49. The second-order valence-electron chi connectivity index (χ2n) is 4.01. The molecule has 1 aliphatic carbocycles. The van der Waals surface area contributed by atoms with Gasteiger partial charge < -0.3 is 10.1 Å². The minimum Gasteiger partial charge on any atom is -0.453 e. The van der Waals surface area contributed by atoms with E-state index < -0.39 is 6.09 Å². The fourth-order valence-electron chi connectivity index (χ4n) is 1.40. The normalized spacial score (nSPS) is 17.7. The third kappa shape index (κ3) is 2.72. The molecular formula is C10H17NO3. The van der Waals surface area contributed by atoms with E-state index in [0.717, 1.165) is 12.8 Å². The SMILES string of the molecule is COC(=O)NC(C(=O)C(C)C)C1CC1. The Hall–Kier alpha value is -1.06. The summed E-state index contributed by atoms with van der Waals surface area (Å²) in [5, 5.41) is 2.60. The molecule has 80 valence electrons. The van der Waals surface area contributed by atoms with Gasteiger partial charge >= 0.3 is 6.09 Å². The van der Waals surface area contributed by atoms with E-state index in [1.54, 1.807) is 0 Å². The van der Waals surface area contributed by atoms with Crippen LogP contribution in [0.25, 0.3) is 0 Å². The average Bonchev–Trinajstić information content (AvgIpc) is 2.95. The van der Waals surface area contributed by atoms with Gasteiger partial charge in [-0.05, 0) is 18.8 Å². The lowest BCUT2D eigenvalue weighted by atomic mass is 9.98. The third-order valence-corrected chi connectivity index (χ3v) is 2.43. The molecule has 1 aliphatic rings. The molecule has 0 radical (unpaired) electrons. The number of hydrogen-bond acceptors (Lipinski definition) is 3. The van der Waals surface area contributed by atoms with Gasteiger partial charge in [-0.3, -0.25) is 4.79 Å². The molecule has 14 heavy (non-hydrogen) atoms. The van der Waals surface area contributed by atoms with E-state index in [9.17, 15) is 9.59 Å². The number of methoxy groups -OCH3 is 1. The van der Waals surface area contributed by atoms with Crippen molar-refractivity contribution in [1.29, 1.82) is 0 Å². The fraction of sp³-hybridized carbons (Fsp3) is 0.800. The van der Waals surface area contributed by atoms with Crippen LogP contribution in [0.1, 0.15) is 26.7 Å². The van der Waals surface area contributed by atoms with Gasteiger partial charge in [-0.1, -0.05) is 13.8 Å². The van der Waals surface area contributed by atoms with Gasteiger partial charge in [0.1, 0.15) is 0 Å². The number of ether oxygens (including phenoxy) is 1. The van der Waals surface area contributed by atoms with Crippen LogP contribution in [-0.2, 0) is 9.53 Å². The first-order valence-electron chi connectivity index (χ1n) is 4.94. The van der Waals surface area contributed by atoms with Crippen LogP contribution in [0.2, 0.25) is 0 Å². The second-order valence-corrected chi connectivity index (χ2v) is 4.01. The zero-order valence-corrected chi connectivity index (χ0v) is 8.87. The summed E-state index contributed by atoms with van der Waals surface area (Å²) in [6.07, 6.45) is 1.52. The van der Waals surface area contributed by atoms with E-state index in [-0.39, 0.29) is 17.7 Å². The van der Waals surface area contributed by atoms with Gasteiger partial charge in [-0.15, -0.1) is 0 Å². The molecule has 0 aromatic carbocycles. The van der Waals surface area contributed by atoms with Gasteiger partial charge in [0, 0.05) is 5.92 Å². The van der Waals surface area contributed by atoms with Gasteiger partial charge in [0.2, 0.25) is 0 Å². The number of Topliss-reactive ketones (excluding diaryl/α,β-unsaturated/α-hetero) is 1. The standard InChI is InChI=1S/C10H17NO3/c1-6(2)9(12)8(7-4-5-7)11-10(13)14-3/h6-8H,4-5H2,1-3H3,(H,11,13). The van der Waals surface area contributed by atoms with E-state index in [1.807, 2.05) is 13.8 Å². The maximum Gasteiger partial charge on any atom is 0.407 e. The number of nitrogens with one attached hydrogen (secondary N) is 1. The highest BCUT2D eigenvalue weighted by Gasteiger charge is 2.38. The molecule has 0 saturated heterocycles. The maximum absolute atomic E-state index is 11.7. The first-order valence-corrected chi connectivity index (χ1v) is 4.94. The maximum atomic E-state index is 11.7. The molecule has 0 aromatic heterocycles. The summed E-state index contributed by atoms with van der Waals surface area (Å²) in [4.78, 5) is 22.7. The smallest absolute Gasteiger partial charge is 0.407 e. The molecule has 1 saturated carbocycles. The van der Waals surface area contributed by atoms with Gasteiger partial charge in [-0.2, -0.15) is 0 Å². The summed E-state index contributed by atoms with van der Waals surface area (Å²) in [7, 11) is 1.30. The van der Waals surface area contributed by atoms with E-state index in [4.69, 9.17) is 0 Å². The van der Waals surface area contributed by atoms with Crippen molar-refractivity contribution in [3.8, 4) is 0 Å². The highest BCUT2D eigenvalue weighted by atomic mass is 16.5. The van der Waals surface area contributed by atoms with Crippen molar-refractivity contribution in [2.24, 2.45) is 11.8 Å². The predicted octanol–water partition coefficient (Wildman–Crippen LogP) is 1.35. The molecule has 4 nitrogen and oxygen atoms in total. The van der Waals surface area contributed by atoms with Gasteiger partial charge in [0.25, 0.3) is 0 Å². The van der Waals surface area contributed by atoms with Crippen molar-refractivity contribution in [2.75, 3.05) is 7.11 Å². The van der Waals surface area contributed by atoms with Crippen molar-refractivity contribution in [2.45, 2.75) is 32.7 Å². The van der Waals surface area contributed by atoms with E-state index in [2.05, 4.69) is 10.1 Å². The fourth-order valence-corrected chi connectivity index (χ4v) is 1.40. The Morgan fingerprint density at radius 2 is 1.93 bits per heavy atom. The van der Waals surface area contributed by atoms with Crippen molar-refractivity contribution < 1.29 is 14.3 Å². The van der Waals surface area contributed by atoms with E-state index in [0.29, 0.717) is 5.92 Å². The quantitative estimate of drug-likeness (QED) is 0.743. The molecule has 0 heterocycles. The minimum atomic E-state index is -0.518. The Labute approximate surface area is 84.0 Å². The topological polar surface area (TPSA) is 55.4 Å². The molecule has 0 aliphatic heterocycles. The van der Waals surface area contributed by atoms with Gasteiger partial charge in [-0.25, -0.2) is 4.79 Å². The van der Waals surface area contributed by atoms with Crippen molar-refractivity contribution in [3.63, 3.8) is 0 Å². The van der Waals surface area contributed by atoms with Crippen LogP contribution in [0.3, 0.4) is 0 Å². The first-order chi connectivity index (χ1) is 6.56. The number of amides is 1. The Morgan fingerprint density at radius 3 is 2.29 bits per heavy atom. The molecule has 1 rings (SSSR count). The average molecular weight is 199 g/mol. The summed E-state index contributed by atoms with van der Waals surface area (Å²) in [6, 6.07) is -0.345. The summed E-state index contributed by atoms with van der Waals surface area (Å²) >= 11 is 0. The molecule has 1 amide bonds. The monoisotopic (exact) mass is 199 g/mol. The highest BCUT2D eigenvalue weighted by molar-refractivity contribution is 5.89. The second kappa shape index (κ2) is 4.44. The van der Waals surface area contributed by atoms with Crippen LogP contribution < -0.4 is 5.32 Å². The molecule has 1 unspecified atom stereocenters. The van der Waals surface area contributed by atoms with Crippen LogP contribution in [0.4, 0.5) is 4.79 Å². The molecule has 0 bridgehead atoms. The summed E-state index contributed by atoms with van der Waals surface area (Å²) < 4.78 is 4.49. The Morgan fingerprint density at radius 1 is 1.36 bits per heavy atom. The lowest BCUT2D eigenvalue weighted by Gasteiger charge is -2.17. The summed E-state index contributed by atoms with van der Waals surface area (Å²) in [6.45, 7) is 3.69. The molecule has 4 heteroatoms. The Balaban J connectivity index is 2.55. The van der Waals surface area contributed by atoms with E-state index >= 15 is 0 Å². The first kappa shape index (κ1) is 11.0. The number of rotatable bonds is 4.